The highest BCUT2D eigenvalue weighted by molar-refractivity contribution is 5.80. The summed E-state index contributed by atoms with van der Waals surface area (Å²) in [5.74, 6) is 1.23. The van der Waals surface area contributed by atoms with E-state index in [2.05, 4.69) is 62.2 Å². The summed E-state index contributed by atoms with van der Waals surface area (Å²) in [6.45, 7) is 13.9. The average molecular weight is 332 g/mol. The van der Waals surface area contributed by atoms with Crippen molar-refractivity contribution >= 4 is 10.9 Å². The second-order valence-corrected chi connectivity index (χ2v) is 7.78. The third-order valence-corrected chi connectivity index (χ3v) is 6.08. The first kappa shape index (κ1) is 16.4. The number of piperidine rings is 1. The number of aromatic nitrogens is 1. The number of benzene rings is 1. The van der Waals surface area contributed by atoms with Gasteiger partial charge in [-0.15, -0.1) is 6.58 Å². The molecule has 3 atom stereocenters. The van der Waals surface area contributed by atoms with Crippen molar-refractivity contribution in [3.8, 4) is 0 Å². The third-order valence-electron chi connectivity index (χ3n) is 6.08. The van der Waals surface area contributed by atoms with Crippen molar-refractivity contribution < 1.29 is 0 Å². The van der Waals surface area contributed by atoms with Gasteiger partial charge >= 0.3 is 0 Å². The lowest BCUT2D eigenvalue weighted by Crippen LogP contribution is -2.36. The Morgan fingerprint density at radius 3 is 2.92 bits per heavy atom. The number of allylic oxidation sites excluding steroid dienone is 2. The van der Waals surface area contributed by atoms with Crippen LogP contribution in [0.2, 0.25) is 0 Å². The van der Waals surface area contributed by atoms with Gasteiger partial charge in [0.15, 0.2) is 0 Å². The summed E-state index contributed by atoms with van der Waals surface area (Å²) >= 11 is 0. The molecule has 0 aliphatic carbocycles. The summed E-state index contributed by atoms with van der Waals surface area (Å²) in [5.41, 5.74) is 6.40. The maximum Gasteiger partial charge on any atom is 0.0721 e. The molecule has 1 saturated heterocycles. The zero-order valence-corrected chi connectivity index (χ0v) is 15.5. The Balaban J connectivity index is 1.74. The predicted octanol–water partition coefficient (Wildman–Crippen LogP) is 5.93. The van der Waals surface area contributed by atoms with Gasteiger partial charge in [-0.1, -0.05) is 37.6 Å². The van der Waals surface area contributed by atoms with Gasteiger partial charge in [0.25, 0.3) is 0 Å². The topological polar surface area (TPSA) is 16.1 Å². The van der Waals surface area contributed by atoms with Crippen LogP contribution >= 0.6 is 0 Å². The summed E-state index contributed by atoms with van der Waals surface area (Å²) in [4.78, 5) is 7.60. The zero-order chi connectivity index (χ0) is 17.6. The van der Waals surface area contributed by atoms with Crippen LogP contribution in [-0.2, 0) is 6.54 Å². The van der Waals surface area contributed by atoms with E-state index in [4.69, 9.17) is 4.98 Å². The number of pyridine rings is 1. The van der Waals surface area contributed by atoms with Crippen LogP contribution in [0.15, 0.2) is 49.2 Å². The standard InChI is InChI=1S/C23H28N2/c1-5-7-17-13-22-23-19(14-25(22)16(4)20(17)8-6-2)12-18-11-15(3)9-10-21(18)24-23/h5,9-12,17,20,22H,1,4,6-8,13-14H2,2-3H3. The Labute approximate surface area is 151 Å². The van der Waals surface area contributed by atoms with Crippen molar-refractivity contribution in [1.82, 2.24) is 9.88 Å². The van der Waals surface area contributed by atoms with Crippen LogP contribution in [0.25, 0.3) is 10.9 Å². The fourth-order valence-electron chi connectivity index (χ4n) is 4.88. The Hall–Kier alpha value is -2.09. The van der Waals surface area contributed by atoms with Crippen molar-refractivity contribution in [1.29, 1.82) is 0 Å². The number of hydrogen-bond donors (Lipinski definition) is 0. The van der Waals surface area contributed by atoms with Gasteiger partial charge in [0.1, 0.15) is 0 Å². The van der Waals surface area contributed by atoms with Crippen LogP contribution < -0.4 is 0 Å². The molecule has 2 aliphatic heterocycles. The normalized spacial score (nSPS) is 25.1. The second-order valence-electron chi connectivity index (χ2n) is 7.78. The summed E-state index contributed by atoms with van der Waals surface area (Å²) in [6.07, 6.45) is 6.78. The van der Waals surface area contributed by atoms with Gasteiger partial charge < -0.3 is 4.90 Å². The molecule has 3 unspecified atom stereocenters. The minimum absolute atomic E-state index is 0.395. The van der Waals surface area contributed by atoms with Crippen molar-refractivity contribution in [2.24, 2.45) is 11.8 Å². The van der Waals surface area contributed by atoms with Gasteiger partial charge in [-0.2, -0.15) is 0 Å². The number of aryl methyl sites for hydroxylation is 1. The fraction of sp³-hybridized carbons (Fsp3) is 0.435. The fourth-order valence-corrected chi connectivity index (χ4v) is 4.88. The molecule has 0 N–H and O–H groups in total. The highest BCUT2D eigenvalue weighted by Crippen LogP contribution is 2.50. The van der Waals surface area contributed by atoms with Crippen LogP contribution in [0.3, 0.4) is 0 Å². The quantitative estimate of drug-likeness (QED) is 0.645. The molecule has 0 spiro atoms. The molecule has 2 aliphatic rings. The second kappa shape index (κ2) is 6.33. The van der Waals surface area contributed by atoms with E-state index >= 15 is 0 Å². The van der Waals surface area contributed by atoms with Crippen LogP contribution in [0.4, 0.5) is 0 Å². The first-order chi connectivity index (χ1) is 12.1. The summed E-state index contributed by atoms with van der Waals surface area (Å²) in [5, 5.41) is 1.26. The summed E-state index contributed by atoms with van der Waals surface area (Å²) < 4.78 is 0. The number of fused-ring (bicyclic) bond motifs is 4. The van der Waals surface area contributed by atoms with E-state index in [1.807, 2.05) is 0 Å². The lowest BCUT2D eigenvalue weighted by Gasteiger charge is -2.43. The van der Waals surface area contributed by atoms with Gasteiger partial charge in [0.05, 0.1) is 17.3 Å². The third kappa shape index (κ3) is 2.68. The maximum absolute atomic E-state index is 5.07. The molecule has 1 aromatic carbocycles. The first-order valence-corrected chi connectivity index (χ1v) is 9.59. The van der Waals surface area contributed by atoms with Crippen molar-refractivity contribution in [3.63, 3.8) is 0 Å². The number of nitrogens with zero attached hydrogens (tertiary/aromatic N) is 2. The van der Waals surface area contributed by atoms with Crippen molar-refractivity contribution in [2.75, 3.05) is 0 Å². The monoisotopic (exact) mass is 332 g/mol. The summed E-state index contributed by atoms with van der Waals surface area (Å²) in [6, 6.07) is 9.31. The van der Waals surface area contributed by atoms with E-state index < -0.39 is 0 Å². The number of hydrogen-bond acceptors (Lipinski definition) is 2. The molecular formula is C23H28N2. The van der Waals surface area contributed by atoms with Crippen LogP contribution in [0.1, 0.15) is 55.5 Å². The smallest absolute Gasteiger partial charge is 0.0721 e. The molecule has 4 rings (SSSR count). The Bertz CT molecular complexity index is 835. The molecule has 130 valence electrons. The van der Waals surface area contributed by atoms with Gasteiger partial charge in [-0.25, -0.2) is 0 Å². The average Bonchev–Trinajstić information content (AvgIpc) is 2.94. The Morgan fingerprint density at radius 2 is 2.16 bits per heavy atom. The molecule has 1 fully saturated rings. The molecule has 0 radical (unpaired) electrons. The van der Waals surface area contributed by atoms with E-state index in [1.54, 1.807) is 0 Å². The zero-order valence-electron chi connectivity index (χ0n) is 15.5. The van der Waals surface area contributed by atoms with Gasteiger partial charge in [-0.05, 0) is 55.9 Å². The van der Waals surface area contributed by atoms with Crippen LogP contribution in [0.5, 0.6) is 0 Å². The lowest BCUT2D eigenvalue weighted by molar-refractivity contribution is 0.120. The van der Waals surface area contributed by atoms with Crippen LogP contribution in [0, 0.1) is 18.8 Å². The summed E-state index contributed by atoms with van der Waals surface area (Å²) in [7, 11) is 0. The molecule has 2 nitrogen and oxygen atoms in total. The molecular weight excluding hydrogens is 304 g/mol. The molecule has 0 amide bonds. The van der Waals surface area contributed by atoms with E-state index in [0.29, 0.717) is 17.9 Å². The minimum Gasteiger partial charge on any atom is -0.362 e. The molecule has 1 aromatic heterocycles. The van der Waals surface area contributed by atoms with Crippen molar-refractivity contribution in [3.05, 3.63) is 66.0 Å². The highest BCUT2D eigenvalue weighted by Gasteiger charge is 2.42. The van der Waals surface area contributed by atoms with E-state index in [-0.39, 0.29) is 0 Å². The lowest BCUT2D eigenvalue weighted by atomic mass is 9.76. The van der Waals surface area contributed by atoms with E-state index in [0.717, 1.165) is 18.5 Å². The van der Waals surface area contributed by atoms with Crippen molar-refractivity contribution in [2.45, 2.75) is 52.1 Å². The number of rotatable bonds is 4. The van der Waals surface area contributed by atoms with Gasteiger partial charge in [0, 0.05) is 23.5 Å². The maximum atomic E-state index is 5.07. The highest BCUT2D eigenvalue weighted by atomic mass is 15.2. The van der Waals surface area contributed by atoms with Crippen LogP contribution in [-0.4, -0.2) is 9.88 Å². The molecule has 0 saturated carbocycles. The molecule has 2 heteroatoms. The minimum atomic E-state index is 0.395. The first-order valence-electron chi connectivity index (χ1n) is 9.59. The predicted molar refractivity (Wildman–Crippen MR) is 105 cm³/mol. The molecule has 0 bridgehead atoms. The molecule has 25 heavy (non-hydrogen) atoms. The molecule has 3 heterocycles. The largest absolute Gasteiger partial charge is 0.362 e. The Kier molecular flexibility index (Phi) is 4.15. The van der Waals surface area contributed by atoms with E-state index in [1.165, 1.54) is 47.2 Å². The Morgan fingerprint density at radius 1 is 1.32 bits per heavy atom. The van der Waals surface area contributed by atoms with E-state index in [9.17, 15) is 0 Å². The van der Waals surface area contributed by atoms with Gasteiger partial charge in [-0.3, -0.25) is 4.98 Å². The molecule has 2 aromatic rings. The van der Waals surface area contributed by atoms with Gasteiger partial charge in [0.2, 0.25) is 0 Å². The SMILES string of the molecule is C=CCC1CC2c3nc4ccc(C)cc4cc3CN2C(=C)C1CCC.